The molecule has 8 nitrogen and oxygen atoms in total. The lowest BCUT2D eigenvalue weighted by molar-refractivity contribution is 0.0937. The fourth-order valence-corrected chi connectivity index (χ4v) is 2.68. The number of ether oxygens (including phenoxy) is 1. The second-order valence-electron chi connectivity index (χ2n) is 6.52. The van der Waals surface area contributed by atoms with Crippen LogP contribution in [0, 0.1) is 5.82 Å². The Morgan fingerprint density at radius 2 is 1.50 bits per heavy atom. The number of halogens is 1. The van der Waals surface area contributed by atoms with Crippen molar-refractivity contribution in [1.82, 2.24) is 20.9 Å². The van der Waals surface area contributed by atoms with Gasteiger partial charge in [-0.1, -0.05) is 36.4 Å². The lowest BCUT2D eigenvalue weighted by atomic mass is 10.2. The van der Waals surface area contributed by atoms with Crippen LogP contribution in [0.3, 0.4) is 0 Å². The Labute approximate surface area is 183 Å². The van der Waals surface area contributed by atoms with E-state index in [-0.39, 0.29) is 17.7 Å². The standard InChI is InChI=1S/C23H19FN6O2/c24-20-15-25-23(27-21(20)28-30-29-22(31)16-7-3-1-4-8-16)26-17-11-13-19(14-12-17)32-18-9-5-2-6-10-18/h1-15,30H,(H,29,31)(H2,25,26,27,28). The first kappa shape index (κ1) is 20.8. The van der Waals surface area contributed by atoms with E-state index >= 15 is 0 Å². The maximum atomic E-state index is 14.0. The van der Waals surface area contributed by atoms with E-state index in [1.165, 1.54) is 0 Å². The normalized spacial score (nSPS) is 10.3. The van der Waals surface area contributed by atoms with Crippen LogP contribution in [0.15, 0.2) is 91.1 Å². The predicted octanol–water partition coefficient (Wildman–Crippen LogP) is 4.41. The highest BCUT2D eigenvalue weighted by Gasteiger charge is 2.09. The zero-order valence-corrected chi connectivity index (χ0v) is 16.7. The van der Waals surface area contributed by atoms with Gasteiger partial charge in [0.1, 0.15) is 11.5 Å². The highest BCUT2D eigenvalue weighted by Crippen LogP contribution is 2.24. The molecule has 0 aliphatic carbocycles. The number of hydrogen-bond donors (Lipinski definition) is 4. The molecule has 1 aromatic heterocycles. The molecule has 0 fully saturated rings. The second-order valence-corrected chi connectivity index (χ2v) is 6.52. The number of carbonyl (C=O) groups is 1. The Morgan fingerprint density at radius 1 is 0.844 bits per heavy atom. The average molecular weight is 430 g/mol. The van der Waals surface area contributed by atoms with E-state index in [4.69, 9.17) is 4.74 Å². The third-order valence-corrected chi connectivity index (χ3v) is 4.23. The molecule has 32 heavy (non-hydrogen) atoms. The van der Waals surface area contributed by atoms with E-state index in [9.17, 15) is 9.18 Å². The molecule has 0 aliphatic rings. The number of para-hydroxylation sites is 1. The molecule has 0 saturated heterocycles. The molecule has 4 N–H and O–H groups in total. The number of anilines is 3. The molecule has 1 heterocycles. The Kier molecular flexibility index (Phi) is 6.49. The maximum absolute atomic E-state index is 14.0. The summed E-state index contributed by atoms with van der Waals surface area (Å²) in [7, 11) is 0. The minimum absolute atomic E-state index is 0.139. The first-order valence-electron chi connectivity index (χ1n) is 9.66. The molecule has 0 saturated carbocycles. The van der Waals surface area contributed by atoms with Gasteiger partial charge in [-0.15, -0.1) is 5.53 Å². The van der Waals surface area contributed by atoms with Crippen LogP contribution < -0.4 is 26.4 Å². The molecule has 0 spiro atoms. The summed E-state index contributed by atoms with van der Waals surface area (Å²) < 4.78 is 19.8. The first-order chi connectivity index (χ1) is 15.7. The third-order valence-electron chi connectivity index (χ3n) is 4.23. The van der Waals surface area contributed by atoms with E-state index in [0.29, 0.717) is 17.0 Å². The Balaban J connectivity index is 1.34. The van der Waals surface area contributed by atoms with Crippen molar-refractivity contribution in [2.75, 3.05) is 10.7 Å². The molecule has 0 radical (unpaired) electrons. The number of hydrogen-bond acceptors (Lipinski definition) is 7. The summed E-state index contributed by atoms with van der Waals surface area (Å²) in [6.07, 6.45) is 1.02. The minimum Gasteiger partial charge on any atom is -0.457 e. The number of benzene rings is 3. The molecular weight excluding hydrogens is 411 g/mol. The third kappa shape index (κ3) is 5.55. The zero-order chi connectivity index (χ0) is 22.2. The van der Waals surface area contributed by atoms with Crippen molar-refractivity contribution in [3.05, 3.63) is 103 Å². The second kappa shape index (κ2) is 10.0. The number of nitrogens with one attached hydrogen (secondary N) is 4. The van der Waals surface area contributed by atoms with Crippen molar-refractivity contribution in [3.63, 3.8) is 0 Å². The fourth-order valence-electron chi connectivity index (χ4n) is 2.68. The van der Waals surface area contributed by atoms with Crippen molar-refractivity contribution in [1.29, 1.82) is 0 Å². The van der Waals surface area contributed by atoms with Gasteiger partial charge in [0.15, 0.2) is 11.6 Å². The molecule has 160 valence electrons. The molecule has 4 aromatic rings. The summed E-state index contributed by atoms with van der Waals surface area (Å²) in [4.78, 5) is 20.0. The lowest BCUT2D eigenvalue weighted by Crippen LogP contribution is -2.41. The van der Waals surface area contributed by atoms with Crippen LogP contribution in [-0.2, 0) is 0 Å². The van der Waals surface area contributed by atoms with Crippen molar-refractivity contribution >= 4 is 23.4 Å². The lowest BCUT2D eigenvalue weighted by Gasteiger charge is -2.11. The smallest absolute Gasteiger partial charge is 0.266 e. The highest BCUT2D eigenvalue weighted by atomic mass is 19.1. The van der Waals surface area contributed by atoms with Gasteiger partial charge < -0.3 is 10.1 Å². The Morgan fingerprint density at radius 3 is 2.22 bits per heavy atom. The zero-order valence-electron chi connectivity index (χ0n) is 16.7. The van der Waals surface area contributed by atoms with Crippen LogP contribution in [0.1, 0.15) is 10.4 Å². The predicted molar refractivity (Wildman–Crippen MR) is 119 cm³/mol. The summed E-state index contributed by atoms with van der Waals surface area (Å²) in [5.41, 5.74) is 8.49. The van der Waals surface area contributed by atoms with Crippen LogP contribution in [0.2, 0.25) is 0 Å². The molecule has 0 atom stereocenters. The Hall–Kier alpha value is -4.50. The molecule has 0 unspecified atom stereocenters. The van der Waals surface area contributed by atoms with Gasteiger partial charge in [-0.2, -0.15) is 4.98 Å². The average Bonchev–Trinajstić information content (AvgIpc) is 2.83. The van der Waals surface area contributed by atoms with E-state index in [0.717, 1.165) is 11.9 Å². The summed E-state index contributed by atoms with van der Waals surface area (Å²) in [5.74, 6) is 0.356. The number of hydrazine groups is 2. The SMILES string of the molecule is O=C(NNNc1nc(Nc2ccc(Oc3ccccc3)cc2)ncc1F)c1ccccc1. The van der Waals surface area contributed by atoms with Crippen LogP contribution in [0.5, 0.6) is 11.5 Å². The van der Waals surface area contributed by atoms with Gasteiger partial charge in [-0.05, 0) is 48.5 Å². The molecule has 0 bridgehead atoms. The van der Waals surface area contributed by atoms with Gasteiger partial charge in [-0.3, -0.25) is 15.6 Å². The number of rotatable bonds is 8. The summed E-state index contributed by atoms with van der Waals surface area (Å²) >= 11 is 0. The van der Waals surface area contributed by atoms with Crippen LogP contribution >= 0.6 is 0 Å². The van der Waals surface area contributed by atoms with Crippen molar-refractivity contribution < 1.29 is 13.9 Å². The largest absolute Gasteiger partial charge is 0.457 e. The van der Waals surface area contributed by atoms with E-state index in [1.807, 2.05) is 30.3 Å². The maximum Gasteiger partial charge on any atom is 0.266 e. The molecule has 1 amide bonds. The topological polar surface area (TPSA) is 100 Å². The van der Waals surface area contributed by atoms with Gasteiger partial charge >= 0.3 is 0 Å². The minimum atomic E-state index is -0.691. The fraction of sp³-hybridized carbons (Fsp3) is 0. The number of aromatic nitrogens is 2. The molecule has 9 heteroatoms. The Bertz CT molecular complexity index is 1170. The van der Waals surface area contributed by atoms with Gasteiger partial charge in [0.05, 0.1) is 6.20 Å². The van der Waals surface area contributed by atoms with Crippen LogP contribution in [-0.4, -0.2) is 15.9 Å². The number of carbonyl (C=O) groups excluding carboxylic acids is 1. The van der Waals surface area contributed by atoms with E-state index in [2.05, 4.69) is 31.7 Å². The van der Waals surface area contributed by atoms with E-state index in [1.54, 1.807) is 54.6 Å². The summed E-state index contributed by atoms with van der Waals surface area (Å²) in [6, 6.07) is 25.2. The van der Waals surface area contributed by atoms with Gasteiger partial charge in [0.25, 0.3) is 5.91 Å². The molecule has 0 aliphatic heterocycles. The number of nitrogens with zero attached hydrogens (tertiary/aromatic N) is 2. The van der Waals surface area contributed by atoms with Crippen molar-refractivity contribution in [2.45, 2.75) is 0 Å². The summed E-state index contributed by atoms with van der Waals surface area (Å²) in [6.45, 7) is 0. The molecule has 3 aromatic carbocycles. The number of amides is 1. The monoisotopic (exact) mass is 430 g/mol. The highest BCUT2D eigenvalue weighted by molar-refractivity contribution is 5.93. The molecule has 4 rings (SSSR count). The molecular formula is C23H19FN6O2. The van der Waals surface area contributed by atoms with Crippen molar-refractivity contribution in [3.8, 4) is 11.5 Å². The van der Waals surface area contributed by atoms with Crippen LogP contribution in [0.25, 0.3) is 0 Å². The van der Waals surface area contributed by atoms with Gasteiger partial charge in [-0.25, -0.2) is 9.37 Å². The van der Waals surface area contributed by atoms with Gasteiger partial charge in [0.2, 0.25) is 5.95 Å². The van der Waals surface area contributed by atoms with Crippen LogP contribution in [0.4, 0.5) is 21.8 Å². The van der Waals surface area contributed by atoms with Crippen molar-refractivity contribution in [2.24, 2.45) is 0 Å². The van der Waals surface area contributed by atoms with E-state index < -0.39 is 5.82 Å². The van der Waals surface area contributed by atoms with Gasteiger partial charge in [0, 0.05) is 11.3 Å². The first-order valence-corrected chi connectivity index (χ1v) is 9.66. The summed E-state index contributed by atoms with van der Waals surface area (Å²) in [5, 5.41) is 2.99. The quantitative estimate of drug-likeness (QED) is 0.307.